The fraction of sp³-hybridized carbons (Fsp3) is 0. The summed E-state index contributed by atoms with van der Waals surface area (Å²) in [5, 5.41) is 1.67. The van der Waals surface area contributed by atoms with Crippen LogP contribution in [0.2, 0.25) is 15.1 Å². The molecule has 6 heteroatoms. The molecule has 2 aromatic carbocycles. The van der Waals surface area contributed by atoms with Gasteiger partial charge in [0, 0.05) is 15.5 Å². The Morgan fingerprint density at radius 3 is 2.28 bits per heavy atom. The fourth-order valence-corrected chi connectivity index (χ4v) is 2.93. The van der Waals surface area contributed by atoms with Gasteiger partial charge in [0.2, 0.25) is 0 Å². The highest BCUT2D eigenvalue weighted by atomic mass is 35.5. The highest BCUT2D eigenvalue weighted by Gasteiger charge is 2.08. The summed E-state index contributed by atoms with van der Waals surface area (Å²) < 4.78 is 0. The monoisotopic (exact) mass is 339 g/mol. The Balaban J connectivity index is 0.00000162. The number of nitrogens with two attached hydrogens (primary N) is 1. The molecule has 0 unspecified atom stereocenters. The van der Waals surface area contributed by atoms with Crippen molar-refractivity contribution in [2.24, 2.45) is 0 Å². The van der Waals surface area contributed by atoms with Crippen LogP contribution >= 0.6 is 59.0 Å². The lowest BCUT2D eigenvalue weighted by atomic mass is 10.3. The Labute approximate surface area is 131 Å². The Hall–Kier alpha value is -0.250. The first-order valence-corrected chi connectivity index (χ1v) is 6.70. The Bertz CT molecular complexity index is 560. The summed E-state index contributed by atoms with van der Waals surface area (Å²) in [6, 6.07) is 10.9. The van der Waals surface area contributed by atoms with Crippen molar-refractivity contribution in [2.75, 3.05) is 5.73 Å². The largest absolute Gasteiger partial charge is 0.399 e. The van der Waals surface area contributed by atoms with E-state index in [4.69, 9.17) is 40.5 Å². The smallest absolute Gasteiger partial charge is 0.0731 e. The molecule has 0 aromatic heterocycles. The summed E-state index contributed by atoms with van der Waals surface area (Å²) >= 11 is 19.6. The summed E-state index contributed by atoms with van der Waals surface area (Å²) in [6.45, 7) is 0. The van der Waals surface area contributed by atoms with Crippen LogP contribution in [-0.4, -0.2) is 0 Å². The molecule has 0 radical (unpaired) electrons. The minimum atomic E-state index is 0. The van der Waals surface area contributed by atoms with E-state index in [1.165, 1.54) is 11.8 Å². The van der Waals surface area contributed by atoms with E-state index in [2.05, 4.69) is 0 Å². The molecule has 0 aliphatic carbocycles. The van der Waals surface area contributed by atoms with Crippen LogP contribution < -0.4 is 5.73 Å². The third kappa shape index (κ3) is 3.62. The zero-order chi connectivity index (χ0) is 12.4. The van der Waals surface area contributed by atoms with Gasteiger partial charge < -0.3 is 5.73 Å². The molecule has 2 aromatic rings. The van der Waals surface area contributed by atoms with Gasteiger partial charge in [0.25, 0.3) is 0 Å². The van der Waals surface area contributed by atoms with Crippen LogP contribution in [0.3, 0.4) is 0 Å². The van der Waals surface area contributed by atoms with Gasteiger partial charge in [-0.2, -0.15) is 0 Å². The third-order valence-corrected chi connectivity index (χ3v) is 4.58. The molecule has 0 aliphatic rings. The number of hydrogen-bond acceptors (Lipinski definition) is 2. The maximum atomic E-state index is 6.11. The van der Waals surface area contributed by atoms with E-state index in [1.54, 1.807) is 18.2 Å². The quantitative estimate of drug-likeness (QED) is 0.699. The van der Waals surface area contributed by atoms with Crippen LogP contribution in [0.5, 0.6) is 0 Å². The molecule has 0 bridgehead atoms. The maximum absolute atomic E-state index is 6.11. The number of rotatable bonds is 2. The Morgan fingerprint density at radius 1 is 0.889 bits per heavy atom. The van der Waals surface area contributed by atoms with Gasteiger partial charge in [0.1, 0.15) is 0 Å². The number of hydrogen-bond donors (Lipinski definition) is 1. The summed E-state index contributed by atoms with van der Waals surface area (Å²) in [7, 11) is 0. The van der Waals surface area contributed by atoms with E-state index < -0.39 is 0 Å². The zero-order valence-corrected chi connectivity index (χ0v) is 12.9. The zero-order valence-electron chi connectivity index (χ0n) is 8.99. The summed E-state index contributed by atoms with van der Waals surface area (Å²) in [5.74, 6) is 0. The number of nitrogen functional groups attached to an aromatic ring is 1. The van der Waals surface area contributed by atoms with Gasteiger partial charge in [-0.3, -0.25) is 0 Å². The van der Waals surface area contributed by atoms with Crippen LogP contribution in [0, 0.1) is 0 Å². The lowest BCUT2D eigenvalue weighted by molar-refractivity contribution is 1.41. The van der Waals surface area contributed by atoms with Crippen LogP contribution in [0.1, 0.15) is 0 Å². The molecule has 0 aliphatic heterocycles. The third-order valence-electron chi connectivity index (χ3n) is 2.09. The van der Waals surface area contributed by atoms with Crippen molar-refractivity contribution in [1.29, 1.82) is 0 Å². The molecule has 18 heavy (non-hydrogen) atoms. The molecule has 2 rings (SSSR count). The second-order valence-electron chi connectivity index (χ2n) is 3.34. The van der Waals surface area contributed by atoms with Gasteiger partial charge in [-0.25, -0.2) is 0 Å². The SMILES string of the molecule is Cl.Nc1ccc(Sc2cccc(Cl)c2Cl)c(Cl)c1. The second kappa shape index (κ2) is 6.78. The summed E-state index contributed by atoms with van der Waals surface area (Å²) in [4.78, 5) is 1.76. The molecule has 96 valence electrons. The average molecular weight is 341 g/mol. The normalized spacial score (nSPS) is 9.94. The van der Waals surface area contributed by atoms with Crippen LogP contribution in [0.25, 0.3) is 0 Å². The highest BCUT2D eigenvalue weighted by molar-refractivity contribution is 7.99. The number of halogens is 4. The highest BCUT2D eigenvalue weighted by Crippen LogP contribution is 2.40. The molecule has 0 fully saturated rings. The van der Waals surface area contributed by atoms with E-state index in [0.717, 1.165) is 9.79 Å². The van der Waals surface area contributed by atoms with E-state index >= 15 is 0 Å². The van der Waals surface area contributed by atoms with Gasteiger partial charge >= 0.3 is 0 Å². The second-order valence-corrected chi connectivity index (χ2v) is 5.62. The molecule has 1 nitrogen and oxygen atoms in total. The first kappa shape index (κ1) is 15.8. The molecule has 0 spiro atoms. The molecular formula is C12H9Cl4NS. The first-order chi connectivity index (χ1) is 8.08. The van der Waals surface area contributed by atoms with Gasteiger partial charge in [-0.15, -0.1) is 12.4 Å². The van der Waals surface area contributed by atoms with Gasteiger partial charge in [0.05, 0.1) is 15.1 Å². The van der Waals surface area contributed by atoms with Crippen molar-refractivity contribution in [3.8, 4) is 0 Å². The topological polar surface area (TPSA) is 26.0 Å². The molecule has 0 heterocycles. The van der Waals surface area contributed by atoms with Crippen molar-refractivity contribution >= 4 is 64.7 Å². The molecule has 0 saturated carbocycles. The van der Waals surface area contributed by atoms with E-state index in [9.17, 15) is 0 Å². The molecule has 0 saturated heterocycles. The molecule has 0 atom stereocenters. The minimum absolute atomic E-state index is 0. The van der Waals surface area contributed by atoms with E-state index in [1.807, 2.05) is 18.2 Å². The minimum Gasteiger partial charge on any atom is -0.399 e. The lowest BCUT2D eigenvalue weighted by Crippen LogP contribution is -1.85. The van der Waals surface area contributed by atoms with Crippen molar-refractivity contribution in [3.05, 3.63) is 51.5 Å². The van der Waals surface area contributed by atoms with Gasteiger partial charge in [-0.1, -0.05) is 52.6 Å². The Morgan fingerprint density at radius 2 is 1.61 bits per heavy atom. The van der Waals surface area contributed by atoms with Crippen molar-refractivity contribution in [2.45, 2.75) is 9.79 Å². The van der Waals surface area contributed by atoms with Crippen LogP contribution in [-0.2, 0) is 0 Å². The maximum Gasteiger partial charge on any atom is 0.0731 e. The molecule has 2 N–H and O–H groups in total. The van der Waals surface area contributed by atoms with E-state index in [-0.39, 0.29) is 12.4 Å². The van der Waals surface area contributed by atoms with E-state index in [0.29, 0.717) is 20.8 Å². The van der Waals surface area contributed by atoms with Crippen molar-refractivity contribution in [3.63, 3.8) is 0 Å². The fourth-order valence-electron chi connectivity index (χ4n) is 1.28. The summed E-state index contributed by atoms with van der Waals surface area (Å²) in [5.41, 5.74) is 6.27. The van der Waals surface area contributed by atoms with Gasteiger partial charge in [0.15, 0.2) is 0 Å². The lowest BCUT2D eigenvalue weighted by Gasteiger charge is -2.07. The Kier molecular flexibility index (Phi) is 5.96. The van der Waals surface area contributed by atoms with Gasteiger partial charge in [-0.05, 0) is 30.3 Å². The summed E-state index contributed by atoms with van der Waals surface area (Å²) in [6.07, 6.45) is 0. The molecular weight excluding hydrogens is 332 g/mol. The predicted octanol–water partition coefficient (Wildman–Crippen LogP) is 5.80. The standard InChI is InChI=1S/C12H8Cl3NS.ClH/c13-8-2-1-3-11(12(8)15)17-10-5-4-7(16)6-9(10)14;/h1-6H,16H2;1H. The van der Waals surface area contributed by atoms with Crippen molar-refractivity contribution < 1.29 is 0 Å². The van der Waals surface area contributed by atoms with Crippen LogP contribution in [0.4, 0.5) is 5.69 Å². The number of anilines is 1. The predicted molar refractivity (Wildman–Crippen MR) is 83.7 cm³/mol. The molecule has 0 amide bonds. The van der Waals surface area contributed by atoms with Crippen LogP contribution in [0.15, 0.2) is 46.2 Å². The van der Waals surface area contributed by atoms with Crippen molar-refractivity contribution in [1.82, 2.24) is 0 Å². The number of benzene rings is 2. The first-order valence-electron chi connectivity index (χ1n) is 4.75. The average Bonchev–Trinajstić information content (AvgIpc) is 2.28.